The maximum absolute atomic E-state index is 12.6. The molecular formula is C18H26N4O3. The zero-order valence-electron chi connectivity index (χ0n) is 15.3. The molecule has 2 aromatic rings. The highest BCUT2D eigenvalue weighted by Gasteiger charge is 2.34. The first-order valence-corrected chi connectivity index (χ1v) is 8.77. The van der Waals surface area contributed by atoms with E-state index in [9.17, 15) is 4.79 Å². The number of aromatic nitrogens is 3. The second-order valence-corrected chi connectivity index (χ2v) is 7.58. The molecule has 136 valence electrons. The fourth-order valence-electron chi connectivity index (χ4n) is 3.20. The molecule has 0 saturated heterocycles. The molecule has 7 nitrogen and oxygen atoms in total. The molecule has 0 saturated carbocycles. The molecule has 0 aromatic carbocycles. The van der Waals surface area contributed by atoms with Crippen LogP contribution in [-0.2, 0) is 24.3 Å². The molecule has 2 heterocycles. The summed E-state index contributed by atoms with van der Waals surface area (Å²) in [5, 5.41) is 11.0. The summed E-state index contributed by atoms with van der Waals surface area (Å²) in [6.07, 6.45) is 6.06. The lowest BCUT2D eigenvalue weighted by atomic mass is 9.71. The Bertz CT molecular complexity index is 742. The molecule has 1 aliphatic rings. The van der Waals surface area contributed by atoms with E-state index in [0.29, 0.717) is 30.6 Å². The summed E-state index contributed by atoms with van der Waals surface area (Å²) in [5.74, 6) is 1.10. The largest absolute Gasteiger partial charge is 0.360 e. The van der Waals surface area contributed by atoms with E-state index >= 15 is 0 Å². The van der Waals surface area contributed by atoms with E-state index in [4.69, 9.17) is 9.26 Å². The molecule has 1 atom stereocenters. The van der Waals surface area contributed by atoms with E-state index in [1.165, 1.54) is 0 Å². The van der Waals surface area contributed by atoms with Crippen LogP contribution in [0.1, 0.15) is 55.9 Å². The Balaban J connectivity index is 1.72. The van der Waals surface area contributed by atoms with Gasteiger partial charge < -0.3 is 14.6 Å². The fraction of sp³-hybridized carbons (Fsp3) is 0.611. The molecule has 25 heavy (non-hydrogen) atoms. The standard InChI is InChI=1S/C18H26N4O3/c1-5-24-11-22-10-13(9-19-22)20-17(23)16-14-8-12(18(2,3)4)6-7-15(14)25-21-16/h9-10,12H,5-8,11H2,1-4H3,(H,20,23). The molecule has 0 spiro atoms. The van der Waals surface area contributed by atoms with Crippen molar-refractivity contribution in [3.8, 4) is 0 Å². The first-order valence-electron chi connectivity index (χ1n) is 8.77. The normalized spacial score (nSPS) is 17.4. The molecule has 1 unspecified atom stereocenters. The number of aryl methyl sites for hydroxylation is 1. The maximum Gasteiger partial charge on any atom is 0.278 e. The lowest BCUT2D eigenvalue weighted by molar-refractivity contribution is 0.0792. The van der Waals surface area contributed by atoms with Crippen LogP contribution in [0.4, 0.5) is 5.69 Å². The van der Waals surface area contributed by atoms with Crippen molar-refractivity contribution in [2.45, 2.75) is 53.7 Å². The van der Waals surface area contributed by atoms with Crippen LogP contribution in [0, 0.1) is 11.3 Å². The van der Waals surface area contributed by atoms with Gasteiger partial charge in [0.05, 0.1) is 18.1 Å². The minimum atomic E-state index is -0.254. The summed E-state index contributed by atoms with van der Waals surface area (Å²) >= 11 is 0. The molecule has 0 fully saturated rings. The van der Waals surface area contributed by atoms with Gasteiger partial charge in [-0.05, 0) is 31.1 Å². The van der Waals surface area contributed by atoms with Gasteiger partial charge in [0.25, 0.3) is 5.91 Å². The number of hydrogen-bond acceptors (Lipinski definition) is 5. The van der Waals surface area contributed by atoms with Crippen molar-refractivity contribution in [2.75, 3.05) is 11.9 Å². The highest BCUT2D eigenvalue weighted by atomic mass is 16.5. The predicted molar refractivity (Wildman–Crippen MR) is 93.3 cm³/mol. The van der Waals surface area contributed by atoms with Crippen LogP contribution in [-0.4, -0.2) is 27.5 Å². The average Bonchev–Trinajstić information content (AvgIpc) is 3.17. The quantitative estimate of drug-likeness (QED) is 0.898. The SMILES string of the molecule is CCOCn1cc(NC(=O)c2noc3c2CC(C(C)(C)C)CC3)cn1. The van der Waals surface area contributed by atoms with Crippen LogP contribution < -0.4 is 5.32 Å². The zero-order chi connectivity index (χ0) is 18.0. The van der Waals surface area contributed by atoms with E-state index in [0.717, 1.165) is 30.6 Å². The Morgan fingerprint density at radius 2 is 2.28 bits per heavy atom. The van der Waals surface area contributed by atoms with Crippen LogP contribution >= 0.6 is 0 Å². The molecule has 1 amide bonds. The average molecular weight is 346 g/mol. The number of nitrogens with zero attached hydrogens (tertiary/aromatic N) is 3. The number of nitrogens with one attached hydrogen (secondary N) is 1. The Hall–Kier alpha value is -2.15. The molecule has 0 radical (unpaired) electrons. The van der Waals surface area contributed by atoms with Gasteiger partial charge in [0.2, 0.25) is 0 Å². The highest BCUT2D eigenvalue weighted by Crippen LogP contribution is 2.38. The first-order chi connectivity index (χ1) is 11.9. The zero-order valence-corrected chi connectivity index (χ0v) is 15.3. The van der Waals surface area contributed by atoms with Gasteiger partial charge in [0.15, 0.2) is 5.69 Å². The maximum atomic E-state index is 12.6. The topological polar surface area (TPSA) is 82.2 Å². The molecule has 0 aliphatic heterocycles. The minimum Gasteiger partial charge on any atom is -0.360 e. The lowest BCUT2D eigenvalue weighted by Crippen LogP contribution is -2.27. The smallest absolute Gasteiger partial charge is 0.278 e. The van der Waals surface area contributed by atoms with Crippen molar-refractivity contribution in [1.29, 1.82) is 0 Å². The number of amides is 1. The van der Waals surface area contributed by atoms with Gasteiger partial charge in [0, 0.05) is 18.6 Å². The third-order valence-corrected chi connectivity index (χ3v) is 4.80. The number of anilines is 1. The number of carbonyl (C=O) groups is 1. The van der Waals surface area contributed by atoms with Gasteiger partial charge in [-0.15, -0.1) is 0 Å². The van der Waals surface area contributed by atoms with Gasteiger partial charge in [0.1, 0.15) is 12.5 Å². The third kappa shape index (κ3) is 3.92. The van der Waals surface area contributed by atoms with Gasteiger partial charge in [-0.3, -0.25) is 4.79 Å². The Morgan fingerprint density at radius 1 is 1.48 bits per heavy atom. The molecular weight excluding hydrogens is 320 g/mol. The van der Waals surface area contributed by atoms with Crippen molar-refractivity contribution in [3.05, 3.63) is 29.4 Å². The number of rotatable bonds is 5. The molecule has 7 heteroatoms. The van der Waals surface area contributed by atoms with E-state index in [1.54, 1.807) is 17.1 Å². The summed E-state index contributed by atoms with van der Waals surface area (Å²) in [6, 6.07) is 0. The summed E-state index contributed by atoms with van der Waals surface area (Å²) in [7, 11) is 0. The Morgan fingerprint density at radius 3 is 3.00 bits per heavy atom. The third-order valence-electron chi connectivity index (χ3n) is 4.80. The van der Waals surface area contributed by atoms with Gasteiger partial charge in [-0.1, -0.05) is 25.9 Å². The second-order valence-electron chi connectivity index (χ2n) is 7.58. The number of ether oxygens (including phenoxy) is 1. The summed E-state index contributed by atoms with van der Waals surface area (Å²) < 4.78 is 12.3. The van der Waals surface area contributed by atoms with E-state index in [1.807, 2.05) is 6.92 Å². The second kappa shape index (κ2) is 7.00. The van der Waals surface area contributed by atoms with Gasteiger partial charge >= 0.3 is 0 Å². The van der Waals surface area contributed by atoms with E-state index in [-0.39, 0.29) is 11.3 Å². The number of hydrogen-bond donors (Lipinski definition) is 1. The van der Waals surface area contributed by atoms with Gasteiger partial charge in [-0.25, -0.2) is 4.68 Å². The molecule has 2 aromatic heterocycles. The van der Waals surface area contributed by atoms with Crippen LogP contribution in [0.2, 0.25) is 0 Å². The predicted octanol–water partition coefficient (Wildman–Crippen LogP) is 3.27. The minimum absolute atomic E-state index is 0.198. The molecule has 1 aliphatic carbocycles. The van der Waals surface area contributed by atoms with Crippen LogP contribution in [0.15, 0.2) is 16.9 Å². The first kappa shape index (κ1) is 17.7. The summed E-state index contributed by atoms with van der Waals surface area (Å²) in [6.45, 7) is 9.61. The van der Waals surface area contributed by atoms with Crippen molar-refractivity contribution >= 4 is 11.6 Å². The highest BCUT2D eigenvalue weighted by molar-refractivity contribution is 6.03. The Kier molecular flexibility index (Phi) is 4.94. The lowest BCUT2D eigenvalue weighted by Gasteiger charge is -2.33. The van der Waals surface area contributed by atoms with Crippen molar-refractivity contribution in [2.24, 2.45) is 11.3 Å². The monoisotopic (exact) mass is 346 g/mol. The fourth-order valence-corrected chi connectivity index (χ4v) is 3.20. The van der Waals surface area contributed by atoms with Gasteiger partial charge in [-0.2, -0.15) is 5.10 Å². The van der Waals surface area contributed by atoms with Crippen LogP contribution in [0.3, 0.4) is 0 Å². The van der Waals surface area contributed by atoms with Crippen LogP contribution in [0.25, 0.3) is 0 Å². The van der Waals surface area contributed by atoms with E-state index in [2.05, 4.69) is 36.3 Å². The van der Waals surface area contributed by atoms with E-state index < -0.39 is 0 Å². The molecule has 1 N–H and O–H groups in total. The van der Waals surface area contributed by atoms with Crippen molar-refractivity contribution < 1.29 is 14.1 Å². The van der Waals surface area contributed by atoms with Crippen molar-refractivity contribution in [1.82, 2.24) is 14.9 Å². The molecule has 3 rings (SSSR count). The number of carbonyl (C=O) groups excluding carboxylic acids is 1. The Labute approximate surface area is 147 Å². The molecule has 0 bridgehead atoms. The summed E-state index contributed by atoms with van der Waals surface area (Å²) in [5.41, 5.74) is 2.15. The summed E-state index contributed by atoms with van der Waals surface area (Å²) in [4.78, 5) is 12.6. The van der Waals surface area contributed by atoms with Crippen molar-refractivity contribution in [3.63, 3.8) is 0 Å². The number of fused-ring (bicyclic) bond motifs is 1. The van der Waals surface area contributed by atoms with Crippen LogP contribution in [0.5, 0.6) is 0 Å².